The number of carboxylic acid groups (broad SMARTS) is 1. The molecule has 1 heterocycles. The number of rotatable bonds is 7. The van der Waals surface area contributed by atoms with Crippen LogP contribution in [0.2, 0.25) is 0 Å². The molecule has 132 valence electrons. The van der Waals surface area contributed by atoms with E-state index in [9.17, 15) is 14.7 Å². The number of hydrogen-bond acceptors (Lipinski definition) is 5. The quantitative estimate of drug-likeness (QED) is 0.829. The van der Waals surface area contributed by atoms with Gasteiger partial charge in [0.05, 0.1) is 13.3 Å². The number of methoxy groups -OCH3 is 1. The van der Waals surface area contributed by atoms with Crippen molar-refractivity contribution < 1.29 is 24.2 Å². The minimum atomic E-state index is -1.12. The number of benzene rings is 1. The lowest BCUT2D eigenvalue weighted by atomic mass is 10.1. The first-order valence-electron chi connectivity index (χ1n) is 7.65. The van der Waals surface area contributed by atoms with E-state index >= 15 is 0 Å². The van der Waals surface area contributed by atoms with Gasteiger partial charge < -0.3 is 14.6 Å². The molecular formula is C18H20N2O5. The number of nitrogens with zero attached hydrogens (tertiary/aromatic N) is 2. The zero-order chi connectivity index (χ0) is 18.2. The number of hydrogen-bond donors (Lipinski definition) is 1. The van der Waals surface area contributed by atoms with Gasteiger partial charge in [-0.3, -0.25) is 9.88 Å². The smallest absolute Gasteiger partial charge is 0.410 e. The Labute approximate surface area is 145 Å². The maximum absolute atomic E-state index is 12.2. The van der Waals surface area contributed by atoms with Gasteiger partial charge in [0.2, 0.25) is 0 Å². The standard InChI is InChI=1S/C18H20N2O5/c1-20(18(23)25-12-13-6-4-3-5-7-13)16(17(21)22)9-14-8-15(24-2)11-19-10-14/h3-8,10-11,16H,9,12H2,1-2H3,(H,21,22). The third kappa shape index (κ3) is 5.20. The van der Waals surface area contributed by atoms with E-state index < -0.39 is 18.1 Å². The van der Waals surface area contributed by atoms with Gasteiger partial charge in [0.1, 0.15) is 18.4 Å². The average molecular weight is 344 g/mol. The van der Waals surface area contributed by atoms with Crippen molar-refractivity contribution in [2.45, 2.75) is 19.1 Å². The Kier molecular flexibility index (Phi) is 6.33. The summed E-state index contributed by atoms with van der Waals surface area (Å²) in [6.07, 6.45) is 2.46. The molecule has 0 spiro atoms. The largest absolute Gasteiger partial charge is 0.495 e. The first-order chi connectivity index (χ1) is 12.0. The van der Waals surface area contributed by atoms with Gasteiger partial charge >= 0.3 is 12.1 Å². The van der Waals surface area contributed by atoms with Crippen molar-refractivity contribution in [2.24, 2.45) is 0 Å². The van der Waals surface area contributed by atoms with Crippen molar-refractivity contribution in [3.8, 4) is 5.75 Å². The van der Waals surface area contributed by atoms with Crippen LogP contribution in [-0.4, -0.2) is 47.3 Å². The number of aromatic nitrogens is 1. The van der Waals surface area contributed by atoms with Crippen LogP contribution in [0.15, 0.2) is 48.8 Å². The maximum Gasteiger partial charge on any atom is 0.410 e. The number of pyridine rings is 1. The van der Waals surface area contributed by atoms with Crippen LogP contribution >= 0.6 is 0 Å². The highest BCUT2D eigenvalue weighted by atomic mass is 16.6. The summed E-state index contributed by atoms with van der Waals surface area (Å²) >= 11 is 0. The van der Waals surface area contributed by atoms with E-state index in [2.05, 4.69) is 4.98 Å². The molecular weight excluding hydrogens is 324 g/mol. The third-order valence-corrected chi connectivity index (χ3v) is 3.68. The molecule has 0 aliphatic heterocycles. The Morgan fingerprint density at radius 2 is 1.92 bits per heavy atom. The fourth-order valence-electron chi connectivity index (χ4n) is 2.25. The van der Waals surface area contributed by atoms with Crippen LogP contribution in [0.4, 0.5) is 4.79 Å². The second-order valence-corrected chi connectivity index (χ2v) is 5.44. The van der Waals surface area contributed by atoms with Crippen molar-refractivity contribution in [1.82, 2.24) is 9.88 Å². The number of aliphatic carboxylic acids is 1. The van der Waals surface area contributed by atoms with E-state index in [0.29, 0.717) is 11.3 Å². The molecule has 7 nitrogen and oxygen atoms in total. The van der Waals surface area contributed by atoms with Gasteiger partial charge in [0.15, 0.2) is 0 Å². The third-order valence-electron chi connectivity index (χ3n) is 3.68. The van der Waals surface area contributed by atoms with Gasteiger partial charge in [-0.2, -0.15) is 0 Å². The number of amides is 1. The van der Waals surface area contributed by atoms with Gasteiger partial charge in [-0.25, -0.2) is 9.59 Å². The van der Waals surface area contributed by atoms with Crippen LogP contribution in [-0.2, 0) is 22.6 Å². The molecule has 0 aliphatic rings. The minimum Gasteiger partial charge on any atom is -0.495 e. The number of ether oxygens (including phenoxy) is 2. The molecule has 0 bridgehead atoms. The normalized spacial score (nSPS) is 11.4. The van der Waals surface area contributed by atoms with E-state index in [0.717, 1.165) is 10.5 Å². The second-order valence-electron chi connectivity index (χ2n) is 5.44. The Bertz CT molecular complexity index is 720. The zero-order valence-corrected chi connectivity index (χ0v) is 14.1. The van der Waals surface area contributed by atoms with E-state index in [4.69, 9.17) is 9.47 Å². The van der Waals surface area contributed by atoms with Crippen molar-refractivity contribution in [3.63, 3.8) is 0 Å². The van der Waals surface area contributed by atoms with Crippen molar-refractivity contribution in [3.05, 3.63) is 59.9 Å². The molecule has 7 heteroatoms. The highest BCUT2D eigenvalue weighted by molar-refractivity contribution is 5.80. The first kappa shape index (κ1) is 18.3. The fourth-order valence-corrected chi connectivity index (χ4v) is 2.25. The fraction of sp³-hybridized carbons (Fsp3) is 0.278. The lowest BCUT2D eigenvalue weighted by Gasteiger charge is -2.24. The summed E-state index contributed by atoms with van der Waals surface area (Å²) in [4.78, 5) is 28.8. The number of carboxylic acids is 1. The molecule has 1 unspecified atom stereocenters. The molecule has 1 aromatic heterocycles. The summed E-state index contributed by atoms with van der Waals surface area (Å²) in [5.74, 6) is -0.599. The van der Waals surface area contributed by atoms with Gasteiger partial charge in [-0.15, -0.1) is 0 Å². The maximum atomic E-state index is 12.2. The van der Waals surface area contributed by atoms with Gasteiger partial charge in [0.25, 0.3) is 0 Å². The molecule has 0 saturated carbocycles. The van der Waals surface area contributed by atoms with Crippen LogP contribution in [0, 0.1) is 0 Å². The molecule has 1 atom stereocenters. The summed E-state index contributed by atoms with van der Waals surface area (Å²) in [7, 11) is 2.91. The number of carbonyl (C=O) groups is 2. The van der Waals surface area contributed by atoms with Crippen LogP contribution in [0.3, 0.4) is 0 Å². The Hall–Kier alpha value is -3.09. The molecule has 1 aromatic carbocycles. The Morgan fingerprint density at radius 3 is 2.56 bits per heavy atom. The Morgan fingerprint density at radius 1 is 1.20 bits per heavy atom. The summed E-state index contributed by atoms with van der Waals surface area (Å²) in [6.45, 7) is 0.0804. The molecule has 1 N–H and O–H groups in total. The summed E-state index contributed by atoms with van der Waals surface area (Å²) in [5, 5.41) is 9.46. The van der Waals surface area contributed by atoms with E-state index in [1.165, 1.54) is 20.4 Å². The molecule has 2 rings (SSSR count). The minimum absolute atomic E-state index is 0.0804. The Balaban J connectivity index is 2.02. The van der Waals surface area contributed by atoms with Crippen molar-refractivity contribution in [1.29, 1.82) is 0 Å². The van der Waals surface area contributed by atoms with Crippen molar-refractivity contribution in [2.75, 3.05) is 14.2 Å². The molecule has 0 fully saturated rings. The van der Waals surface area contributed by atoms with E-state index in [1.54, 1.807) is 12.3 Å². The van der Waals surface area contributed by atoms with E-state index in [-0.39, 0.29) is 13.0 Å². The van der Waals surface area contributed by atoms with Crippen LogP contribution in [0.5, 0.6) is 5.75 Å². The van der Waals surface area contributed by atoms with Gasteiger partial charge in [-0.05, 0) is 17.2 Å². The summed E-state index contributed by atoms with van der Waals surface area (Å²) < 4.78 is 10.3. The monoisotopic (exact) mass is 344 g/mol. The SMILES string of the molecule is COc1cncc(CC(C(=O)O)N(C)C(=O)OCc2ccccc2)c1. The summed E-state index contributed by atoms with van der Waals surface area (Å²) in [6, 6.07) is 9.79. The predicted octanol–water partition coefficient (Wildman–Crippen LogP) is 2.35. The lowest BCUT2D eigenvalue weighted by Crippen LogP contribution is -2.44. The number of likely N-dealkylation sites (N-methyl/N-ethyl adjacent to an activating group) is 1. The molecule has 25 heavy (non-hydrogen) atoms. The molecule has 0 aliphatic carbocycles. The average Bonchev–Trinajstić information content (AvgIpc) is 2.64. The summed E-state index contributed by atoms with van der Waals surface area (Å²) in [5.41, 5.74) is 1.47. The van der Waals surface area contributed by atoms with Crippen LogP contribution in [0.1, 0.15) is 11.1 Å². The molecule has 0 radical (unpaired) electrons. The molecule has 2 aromatic rings. The van der Waals surface area contributed by atoms with Crippen LogP contribution < -0.4 is 4.74 Å². The second kappa shape index (κ2) is 8.68. The van der Waals surface area contributed by atoms with Crippen molar-refractivity contribution >= 4 is 12.1 Å². The molecule has 1 amide bonds. The van der Waals surface area contributed by atoms with Gasteiger partial charge in [0, 0.05) is 19.7 Å². The predicted molar refractivity (Wildman–Crippen MR) is 90.3 cm³/mol. The topological polar surface area (TPSA) is 89.0 Å². The molecule has 0 saturated heterocycles. The van der Waals surface area contributed by atoms with E-state index in [1.807, 2.05) is 30.3 Å². The van der Waals surface area contributed by atoms with Gasteiger partial charge in [-0.1, -0.05) is 30.3 Å². The lowest BCUT2D eigenvalue weighted by molar-refractivity contribution is -0.142. The highest BCUT2D eigenvalue weighted by Gasteiger charge is 2.28. The zero-order valence-electron chi connectivity index (χ0n) is 14.1. The highest BCUT2D eigenvalue weighted by Crippen LogP contribution is 2.15. The first-order valence-corrected chi connectivity index (χ1v) is 7.65. The van der Waals surface area contributed by atoms with Crippen LogP contribution in [0.25, 0.3) is 0 Å². The number of carbonyl (C=O) groups excluding carboxylic acids is 1.